The van der Waals surface area contributed by atoms with Gasteiger partial charge in [-0.25, -0.2) is 9.98 Å². The van der Waals surface area contributed by atoms with Crippen LogP contribution in [0.2, 0.25) is 0 Å². The Morgan fingerprint density at radius 2 is 0.878 bits per heavy atom. The fourth-order valence-electron chi connectivity index (χ4n) is 3.92. The van der Waals surface area contributed by atoms with Crippen LogP contribution in [0.4, 0.5) is 22.7 Å². The molecule has 2 amide bonds. The Balaban J connectivity index is 0.00000588. The molecule has 0 aliphatic heterocycles. The number of benzene rings is 3. The molecule has 0 spiro atoms. The molecular formula is C30H39ClN8O2. The predicted molar refractivity (Wildman–Crippen MR) is 171 cm³/mol. The summed E-state index contributed by atoms with van der Waals surface area (Å²) in [7, 11) is 0. The summed E-state index contributed by atoms with van der Waals surface area (Å²) in [5, 5.41) is 5.71. The van der Waals surface area contributed by atoms with Gasteiger partial charge in [-0.2, -0.15) is 0 Å². The Kier molecular flexibility index (Phi) is 12.6. The standard InChI is InChI=1S/C30H38N8O2.ClH/c1-5-37(6-2)29(31)35-25-17-13-23(14-18-25)33-27(39)21-9-11-22(12-10-21)28(40)34-24-15-19-26(20-16-24)36-30(32)38(7-3)8-4;/h9-20H,5-8H2,1-4H3,(H2,31,35)(H2,32,36)(H,33,39)(H,34,40);1H. The molecule has 0 saturated heterocycles. The van der Waals surface area contributed by atoms with Crippen LogP contribution in [0, 0.1) is 0 Å². The summed E-state index contributed by atoms with van der Waals surface area (Å²) in [6.45, 7) is 11.2. The van der Waals surface area contributed by atoms with Crippen molar-refractivity contribution >= 4 is 58.9 Å². The van der Waals surface area contributed by atoms with Crippen LogP contribution in [-0.4, -0.2) is 59.7 Å². The fraction of sp³-hybridized carbons (Fsp3) is 0.267. The van der Waals surface area contributed by atoms with E-state index in [1.807, 2.05) is 37.5 Å². The summed E-state index contributed by atoms with van der Waals surface area (Å²) in [4.78, 5) is 38.2. The van der Waals surface area contributed by atoms with Gasteiger partial charge in [0.25, 0.3) is 11.8 Å². The number of hydrogen-bond donors (Lipinski definition) is 4. The number of guanidine groups is 2. The second kappa shape index (κ2) is 15.9. The Labute approximate surface area is 247 Å². The molecule has 0 bridgehead atoms. The van der Waals surface area contributed by atoms with Crippen molar-refractivity contribution < 1.29 is 9.59 Å². The molecule has 6 N–H and O–H groups in total. The fourth-order valence-corrected chi connectivity index (χ4v) is 3.92. The van der Waals surface area contributed by atoms with Crippen LogP contribution in [0.15, 0.2) is 82.8 Å². The average molecular weight is 579 g/mol. The lowest BCUT2D eigenvalue weighted by molar-refractivity contribution is 0.101. The van der Waals surface area contributed by atoms with Crippen LogP contribution < -0.4 is 22.1 Å². The second-order valence-electron chi connectivity index (χ2n) is 8.86. The molecule has 0 saturated carbocycles. The number of aliphatic imine (C=N–C) groups is 2. The summed E-state index contributed by atoms with van der Waals surface area (Å²) in [6, 6.07) is 20.7. The van der Waals surface area contributed by atoms with Crippen LogP contribution in [-0.2, 0) is 0 Å². The average Bonchev–Trinajstić information content (AvgIpc) is 2.96. The molecule has 3 aromatic rings. The number of hydrogen-bond acceptors (Lipinski definition) is 4. The maximum Gasteiger partial charge on any atom is 0.255 e. The maximum atomic E-state index is 12.7. The number of anilines is 2. The third-order valence-electron chi connectivity index (χ3n) is 6.32. The van der Waals surface area contributed by atoms with Crippen molar-refractivity contribution in [1.82, 2.24) is 9.80 Å². The molecule has 218 valence electrons. The summed E-state index contributed by atoms with van der Waals surface area (Å²) in [5.41, 5.74) is 15.6. The number of halogens is 1. The van der Waals surface area contributed by atoms with Gasteiger partial charge in [0.1, 0.15) is 0 Å². The summed E-state index contributed by atoms with van der Waals surface area (Å²) < 4.78 is 0. The number of carbonyl (C=O) groups excluding carboxylic acids is 2. The van der Waals surface area contributed by atoms with Gasteiger partial charge in [0, 0.05) is 48.7 Å². The molecule has 41 heavy (non-hydrogen) atoms. The first kappa shape index (κ1) is 32.6. The summed E-state index contributed by atoms with van der Waals surface area (Å²) in [6.07, 6.45) is 0. The molecule has 11 heteroatoms. The highest BCUT2D eigenvalue weighted by atomic mass is 35.5. The molecular weight excluding hydrogens is 540 g/mol. The van der Waals surface area contributed by atoms with Crippen LogP contribution in [0.1, 0.15) is 48.4 Å². The number of nitrogens with one attached hydrogen (secondary N) is 2. The molecule has 0 unspecified atom stereocenters. The smallest absolute Gasteiger partial charge is 0.255 e. The highest BCUT2D eigenvalue weighted by Crippen LogP contribution is 2.19. The van der Waals surface area contributed by atoms with Crippen molar-refractivity contribution in [2.45, 2.75) is 27.7 Å². The van der Waals surface area contributed by atoms with Gasteiger partial charge in [-0.3, -0.25) is 9.59 Å². The zero-order valence-corrected chi connectivity index (χ0v) is 24.7. The van der Waals surface area contributed by atoms with Gasteiger partial charge in [0.15, 0.2) is 11.9 Å². The number of rotatable bonds is 10. The highest BCUT2D eigenvalue weighted by molar-refractivity contribution is 6.07. The van der Waals surface area contributed by atoms with E-state index in [2.05, 4.69) is 20.6 Å². The lowest BCUT2D eigenvalue weighted by atomic mass is 10.1. The van der Waals surface area contributed by atoms with Crippen molar-refractivity contribution in [2.24, 2.45) is 21.5 Å². The molecule has 0 radical (unpaired) electrons. The van der Waals surface area contributed by atoms with E-state index in [4.69, 9.17) is 11.5 Å². The van der Waals surface area contributed by atoms with E-state index in [1.54, 1.807) is 72.8 Å². The number of nitrogens with zero attached hydrogens (tertiary/aromatic N) is 4. The lowest BCUT2D eigenvalue weighted by Gasteiger charge is -2.19. The Morgan fingerprint density at radius 1 is 0.585 bits per heavy atom. The van der Waals surface area contributed by atoms with Crippen molar-refractivity contribution in [3.63, 3.8) is 0 Å². The minimum atomic E-state index is -0.286. The zero-order chi connectivity index (χ0) is 29.1. The van der Waals surface area contributed by atoms with Crippen LogP contribution in [0.3, 0.4) is 0 Å². The van der Waals surface area contributed by atoms with Gasteiger partial charge in [-0.15, -0.1) is 12.4 Å². The van der Waals surface area contributed by atoms with Crippen LogP contribution in [0.25, 0.3) is 0 Å². The molecule has 0 fully saturated rings. The largest absolute Gasteiger partial charge is 0.369 e. The molecule has 0 aliphatic carbocycles. The molecule has 0 heterocycles. The Morgan fingerprint density at radius 3 is 1.15 bits per heavy atom. The van der Waals surface area contributed by atoms with E-state index in [1.165, 1.54) is 0 Å². The minimum absolute atomic E-state index is 0. The Hall–Kier alpha value is -4.57. The molecule has 0 aromatic heterocycles. The van der Waals surface area contributed by atoms with E-state index >= 15 is 0 Å². The molecule has 3 rings (SSSR count). The number of nitrogens with two attached hydrogens (primary N) is 2. The van der Waals surface area contributed by atoms with Crippen molar-refractivity contribution in [1.29, 1.82) is 0 Å². The van der Waals surface area contributed by atoms with E-state index in [0.717, 1.165) is 26.2 Å². The molecule has 3 aromatic carbocycles. The topological polar surface area (TPSA) is 141 Å². The molecule has 0 atom stereocenters. The first-order chi connectivity index (χ1) is 19.3. The Bertz CT molecular complexity index is 1230. The van der Waals surface area contributed by atoms with Crippen molar-refractivity contribution in [2.75, 3.05) is 36.8 Å². The maximum absolute atomic E-state index is 12.7. The van der Waals surface area contributed by atoms with E-state index < -0.39 is 0 Å². The highest BCUT2D eigenvalue weighted by Gasteiger charge is 2.11. The summed E-state index contributed by atoms with van der Waals surface area (Å²) in [5.74, 6) is 0.332. The monoisotopic (exact) mass is 578 g/mol. The third kappa shape index (κ3) is 9.25. The van der Waals surface area contributed by atoms with Gasteiger partial charge in [0.05, 0.1) is 11.4 Å². The first-order valence-electron chi connectivity index (χ1n) is 13.4. The van der Waals surface area contributed by atoms with Crippen LogP contribution >= 0.6 is 12.4 Å². The minimum Gasteiger partial charge on any atom is -0.369 e. The number of carbonyl (C=O) groups is 2. The third-order valence-corrected chi connectivity index (χ3v) is 6.32. The van der Waals surface area contributed by atoms with Gasteiger partial charge in [-0.05, 0) is 100 Å². The second-order valence-corrected chi connectivity index (χ2v) is 8.86. The van der Waals surface area contributed by atoms with Crippen molar-refractivity contribution in [3.8, 4) is 0 Å². The SMILES string of the molecule is CCN(CC)C(N)=Nc1ccc(NC(=O)c2ccc(C(=O)Nc3ccc(N=C(N)N(CC)CC)cc3)cc2)cc1.Cl. The lowest BCUT2D eigenvalue weighted by Crippen LogP contribution is -2.36. The van der Waals surface area contributed by atoms with Gasteiger partial charge < -0.3 is 31.9 Å². The first-order valence-corrected chi connectivity index (χ1v) is 13.4. The quantitative estimate of drug-likeness (QED) is 0.193. The van der Waals surface area contributed by atoms with E-state index in [-0.39, 0.29) is 24.2 Å². The summed E-state index contributed by atoms with van der Waals surface area (Å²) >= 11 is 0. The van der Waals surface area contributed by atoms with Crippen LogP contribution in [0.5, 0.6) is 0 Å². The van der Waals surface area contributed by atoms with Crippen molar-refractivity contribution in [3.05, 3.63) is 83.9 Å². The number of amides is 2. The van der Waals surface area contributed by atoms with Gasteiger partial charge in [-0.1, -0.05) is 0 Å². The molecule has 0 aliphatic rings. The van der Waals surface area contributed by atoms with Gasteiger partial charge >= 0.3 is 0 Å². The molecule has 10 nitrogen and oxygen atoms in total. The normalized spacial score (nSPS) is 11.3. The van der Waals surface area contributed by atoms with Gasteiger partial charge in [0.2, 0.25) is 0 Å². The van der Waals surface area contributed by atoms with E-state index in [9.17, 15) is 9.59 Å². The zero-order valence-electron chi connectivity index (χ0n) is 23.9. The predicted octanol–water partition coefficient (Wildman–Crippen LogP) is 5.19. The van der Waals surface area contributed by atoms with E-state index in [0.29, 0.717) is 45.8 Å².